The van der Waals surface area contributed by atoms with Gasteiger partial charge in [-0.15, -0.1) is 0 Å². The van der Waals surface area contributed by atoms with Crippen LogP contribution >= 0.6 is 33.9 Å². The Kier molecular flexibility index (Phi) is 1.76. The second-order valence-corrected chi connectivity index (χ2v) is 5.80. The molecule has 2 heterocycles. The van der Waals surface area contributed by atoms with E-state index in [1.807, 2.05) is 13.1 Å². The molecular weight excluding hydrogens is 311 g/mol. The normalized spacial score (nSPS) is 19.1. The highest BCUT2D eigenvalue weighted by atomic mass is 127. The minimum absolute atomic E-state index is 0.525. The summed E-state index contributed by atoms with van der Waals surface area (Å²) in [5, 5.41) is 9.95. The summed E-state index contributed by atoms with van der Waals surface area (Å²) in [5.41, 5.74) is 0.536. The predicted molar refractivity (Wildman–Crippen MR) is 63.7 cm³/mol. The van der Waals surface area contributed by atoms with Crippen molar-refractivity contribution in [3.8, 4) is 0 Å². The monoisotopic (exact) mass is 320 g/mol. The van der Waals surface area contributed by atoms with Crippen LogP contribution in [-0.2, 0) is 5.60 Å². The van der Waals surface area contributed by atoms with E-state index < -0.39 is 5.60 Å². The summed E-state index contributed by atoms with van der Waals surface area (Å²) in [6.45, 7) is 2.01. The number of nitrogens with zero attached hydrogens (tertiary/aromatic N) is 2. The molecule has 0 spiro atoms. The molecule has 1 aliphatic rings. The lowest BCUT2D eigenvalue weighted by Crippen LogP contribution is -2.00. The van der Waals surface area contributed by atoms with Crippen molar-refractivity contribution in [3.63, 3.8) is 0 Å². The van der Waals surface area contributed by atoms with Crippen LogP contribution in [-0.4, -0.2) is 14.5 Å². The lowest BCUT2D eigenvalue weighted by molar-refractivity contribution is 0.155. The molecule has 0 bridgehead atoms. The van der Waals surface area contributed by atoms with E-state index in [4.69, 9.17) is 0 Å². The molecule has 5 heteroatoms. The summed E-state index contributed by atoms with van der Waals surface area (Å²) in [7, 11) is 0. The second kappa shape index (κ2) is 2.70. The highest BCUT2D eigenvalue weighted by molar-refractivity contribution is 14.1. The molecule has 3 nitrogen and oxygen atoms in total. The van der Waals surface area contributed by atoms with Gasteiger partial charge in [0.1, 0.15) is 9.30 Å². The third kappa shape index (κ3) is 1.15. The average Bonchev–Trinajstić information content (AvgIpc) is 2.67. The van der Waals surface area contributed by atoms with Crippen LogP contribution in [0.4, 0.5) is 0 Å². The minimum atomic E-state index is -0.525. The Labute approximate surface area is 98.9 Å². The maximum atomic E-state index is 9.95. The maximum Gasteiger partial charge on any atom is 0.195 e. The Morgan fingerprint density at radius 3 is 2.93 bits per heavy atom. The Bertz CT molecular complexity index is 512. The first-order valence-electron chi connectivity index (χ1n) is 4.47. The molecule has 1 saturated carbocycles. The molecule has 2 aromatic heterocycles. The number of hydrogen-bond acceptors (Lipinski definition) is 3. The third-order valence-corrected chi connectivity index (χ3v) is 5.09. The highest BCUT2D eigenvalue weighted by Gasteiger charge is 2.44. The van der Waals surface area contributed by atoms with Gasteiger partial charge in [0.2, 0.25) is 0 Å². The number of fused-ring (bicyclic) bond motifs is 1. The van der Waals surface area contributed by atoms with Crippen LogP contribution in [0, 0.1) is 10.6 Å². The lowest BCUT2D eigenvalue weighted by atomic mass is 10.3. The van der Waals surface area contributed by atoms with Gasteiger partial charge in [-0.2, -0.15) is 0 Å². The first-order chi connectivity index (χ1) is 6.60. The van der Waals surface area contributed by atoms with Crippen molar-refractivity contribution >= 4 is 38.9 Å². The molecule has 1 aliphatic carbocycles. The number of aromatic nitrogens is 2. The Morgan fingerprint density at radius 2 is 2.36 bits per heavy atom. The Morgan fingerprint density at radius 1 is 1.64 bits per heavy atom. The van der Waals surface area contributed by atoms with Crippen LogP contribution in [0.25, 0.3) is 4.96 Å². The van der Waals surface area contributed by atoms with E-state index in [1.165, 1.54) is 0 Å². The molecular formula is C9H9IN2OS. The summed E-state index contributed by atoms with van der Waals surface area (Å²) in [6, 6.07) is 0. The number of aryl methyl sites for hydroxylation is 1. The van der Waals surface area contributed by atoms with Gasteiger partial charge in [0.25, 0.3) is 0 Å². The molecule has 3 rings (SSSR count). The predicted octanol–water partition coefficient (Wildman–Crippen LogP) is 2.29. The number of thiazole rings is 1. The van der Waals surface area contributed by atoms with Gasteiger partial charge in [-0.3, -0.25) is 4.40 Å². The first-order valence-corrected chi connectivity index (χ1v) is 6.36. The molecule has 2 aromatic rings. The highest BCUT2D eigenvalue weighted by Crippen LogP contribution is 2.48. The van der Waals surface area contributed by atoms with Crippen LogP contribution in [0.3, 0.4) is 0 Å². The zero-order valence-corrected chi connectivity index (χ0v) is 10.6. The minimum Gasteiger partial charge on any atom is -0.384 e. The van der Waals surface area contributed by atoms with Crippen molar-refractivity contribution in [1.29, 1.82) is 0 Å². The number of hydrogen-bond donors (Lipinski definition) is 1. The van der Waals surface area contributed by atoms with Gasteiger partial charge < -0.3 is 5.11 Å². The summed E-state index contributed by atoms with van der Waals surface area (Å²) >= 11 is 3.88. The van der Waals surface area contributed by atoms with Crippen LogP contribution in [0.5, 0.6) is 0 Å². The SMILES string of the molecule is Cc1nc2sc(C3(O)CC3)cn2c1I. The molecule has 1 fully saturated rings. The van der Waals surface area contributed by atoms with Gasteiger partial charge in [0.15, 0.2) is 4.96 Å². The molecule has 0 amide bonds. The van der Waals surface area contributed by atoms with Gasteiger partial charge in [0, 0.05) is 6.20 Å². The van der Waals surface area contributed by atoms with Crippen LogP contribution in [0.1, 0.15) is 23.4 Å². The molecule has 0 unspecified atom stereocenters. The van der Waals surface area contributed by atoms with Gasteiger partial charge in [-0.25, -0.2) is 4.98 Å². The molecule has 1 N–H and O–H groups in total. The van der Waals surface area contributed by atoms with Crippen LogP contribution in [0.15, 0.2) is 6.20 Å². The van der Waals surface area contributed by atoms with Crippen molar-refractivity contribution in [3.05, 3.63) is 20.5 Å². The lowest BCUT2D eigenvalue weighted by Gasteiger charge is -2.00. The quantitative estimate of drug-likeness (QED) is 0.819. The van der Waals surface area contributed by atoms with Crippen molar-refractivity contribution in [2.24, 2.45) is 0 Å². The summed E-state index contributed by atoms with van der Waals surface area (Å²) in [6.07, 6.45) is 3.81. The van der Waals surface area contributed by atoms with Gasteiger partial charge in [-0.05, 0) is 42.4 Å². The van der Waals surface area contributed by atoms with E-state index in [-0.39, 0.29) is 0 Å². The van der Waals surface area contributed by atoms with Crippen molar-refractivity contribution < 1.29 is 5.11 Å². The average molecular weight is 320 g/mol. The smallest absolute Gasteiger partial charge is 0.195 e. The molecule has 0 radical (unpaired) electrons. The molecule has 0 aliphatic heterocycles. The van der Waals surface area contributed by atoms with E-state index in [0.29, 0.717) is 0 Å². The fourth-order valence-electron chi connectivity index (χ4n) is 1.51. The Hall–Kier alpha value is -0.140. The first kappa shape index (κ1) is 9.11. The molecule has 0 aromatic carbocycles. The zero-order chi connectivity index (χ0) is 9.92. The molecule has 0 atom stereocenters. The van der Waals surface area contributed by atoms with Gasteiger partial charge in [0.05, 0.1) is 10.6 Å². The van der Waals surface area contributed by atoms with E-state index in [9.17, 15) is 5.11 Å². The number of halogens is 1. The summed E-state index contributed by atoms with van der Waals surface area (Å²) < 4.78 is 3.20. The molecule has 74 valence electrons. The number of aliphatic hydroxyl groups is 1. The van der Waals surface area contributed by atoms with Crippen molar-refractivity contribution in [2.45, 2.75) is 25.4 Å². The zero-order valence-electron chi connectivity index (χ0n) is 7.62. The fourth-order valence-corrected chi connectivity index (χ4v) is 3.33. The maximum absolute atomic E-state index is 9.95. The summed E-state index contributed by atoms with van der Waals surface area (Å²) in [4.78, 5) is 6.48. The standard InChI is InChI=1S/C9H9IN2OS/c1-5-7(10)12-4-6(9(13)2-3-9)14-8(12)11-5/h4,13H,2-3H2,1H3. The van der Waals surface area contributed by atoms with E-state index >= 15 is 0 Å². The van der Waals surface area contributed by atoms with E-state index in [2.05, 4.69) is 32.0 Å². The van der Waals surface area contributed by atoms with Gasteiger partial charge in [-0.1, -0.05) is 11.3 Å². The number of imidazole rings is 1. The summed E-state index contributed by atoms with van der Waals surface area (Å²) in [5.74, 6) is 0. The molecule has 0 saturated heterocycles. The van der Waals surface area contributed by atoms with Crippen molar-refractivity contribution in [1.82, 2.24) is 9.38 Å². The van der Waals surface area contributed by atoms with E-state index in [0.717, 1.165) is 32.1 Å². The fraction of sp³-hybridized carbons (Fsp3) is 0.444. The van der Waals surface area contributed by atoms with Crippen molar-refractivity contribution in [2.75, 3.05) is 0 Å². The van der Waals surface area contributed by atoms with E-state index in [1.54, 1.807) is 11.3 Å². The topological polar surface area (TPSA) is 37.5 Å². The van der Waals surface area contributed by atoms with Gasteiger partial charge >= 0.3 is 0 Å². The Balaban J connectivity index is 2.22. The molecule has 14 heavy (non-hydrogen) atoms. The second-order valence-electron chi connectivity index (χ2n) is 3.77. The number of rotatable bonds is 1. The van der Waals surface area contributed by atoms with Crippen LogP contribution in [0.2, 0.25) is 0 Å². The van der Waals surface area contributed by atoms with Crippen LogP contribution < -0.4 is 0 Å². The largest absolute Gasteiger partial charge is 0.384 e. The third-order valence-electron chi connectivity index (χ3n) is 2.61.